The molecule has 1 saturated heterocycles. The molecule has 0 N–H and O–H groups in total. The van der Waals surface area contributed by atoms with Gasteiger partial charge in [0.1, 0.15) is 0 Å². The summed E-state index contributed by atoms with van der Waals surface area (Å²) in [4.78, 5) is 8.68. The molecular weight excluding hydrogens is 366 g/mol. The van der Waals surface area contributed by atoms with Crippen LogP contribution in [0.25, 0.3) is 16.0 Å². The average molecular weight is 392 g/mol. The molecule has 0 spiro atoms. The number of hydrogen-bond donors (Lipinski definition) is 0. The van der Waals surface area contributed by atoms with E-state index in [0.29, 0.717) is 12.1 Å². The van der Waals surface area contributed by atoms with Crippen molar-refractivity contribution in [3.05, 3.63) is 65.8 Å². The Labute approximate surface area is 169 Å². The molecule has 1 aliphatic heterocycles. The number of fused-ring (bicyclic) bond motifs is 1. The standard InChI is InChI=1S/C22H25N5S/c1-16(2)27-13-17(11-24-27)12-25-9-3-5-19(25)22-20-8-7-18(14-26(20)15-23-22)21-6-4-10-28-21/h4,6-8,10-11,13-16,19H,3,5,9,12H2,1-2H3/t19-/m1/s1. The van der Waals surface area contributed by atoms with E-state index in [2.05, 4.69) is 70.3 Å². The SMILES string of the molecule is CC(C)n1cc(CN2CCC[C@@H]2c2ncn3cc(-c4cccs4)ccc23)cn1. The van der Waals surface area contributed by atoms with E-state index in [0.717, 1.165) is 19.5 Å². The van der Waals surface area contributed by atoms with E-state index in [9.17, 15) is 0 Å². The van der Waals surface area contributed by atoms with Gasteiger partial charge in [-0.05, 0) is 56.8 Å². The van der Waals surface area contributed by atoms with Crippen molar-refractivity contribution in [2.75, 3.05) is 6.54 Å². The van der Waals surface area contributed by atoms with Gasteiger partial charge < -0.3 is 4.40 Å². The van der Waals surface area contributed by atoms with Crippen molar-refractivity contribution in [3.8, 4) is 10.4 Å². The monoisotopic (exact) mass is 391 g/mol. The molecule has 5 nitrogen and oxygen atoms in total. The Morgan fingerprint density at radius 1 is 1.21 bits per heavy atom. The minimum atomic E-state index is 0.375. The van der Waals surface area contributed by atoms with Crippen LogP contribution in [0, 0.1) is 0 Å². The number of thiophene rings is 1. The number of rotatable bonds is 5. The first-order chi connectivity index (χ1) is 13.7. The maximum Gasteiger partial charge on any atom is 0.0996 e. The summed E-state index contributed by atoms with van der Waals surface area (Å²) in [5.74, 6) is 0. The molecule has 0 aromatic carbocycles. The van der Waals surface area contributed by atoms with Gasteiger partial charge in [-0.1, -0.05) is 6.07 Å². The van der Waals surface area contributed by atoms with Crippen LogP contribution in [0.5, 0.6) is 0 Å². The smallest absolute Gasteiger partial charge is 0.0996 e. The van der Waals surface area contributed by atoms with Crippen LogP contribution in [0.1, 0.15) is 50.0 Å². The van der Waals surface area contributed by atoms with E-state index < -0.39 is 0 Å². The second-order valence-electron chi connectivity index (χ2n) is 7.87. The lowest BCUT2D eigenvalue weighted by atomic mass is 10.1. The molecule has 1 atom stereocenters. The van der Waals surface area contributed by atoms with Crippen LogP contribution in [-0.2, 0) is 6.54 Å². The highest BCUT2D eigenvalue weighted by Crippen LogP contribution is 2.35. The third-order valence-electron chi connectivity index (χ3n) is 5.62. The van der Waals surface area contributed by atoms with Gasteiger partial charge in [-0.3, -0.25) is 9.58 Å². The largest absolute Gasteiger partial charge is 0.305 e. The molecule has 4 aromatic heterocycles. The summed E-state index contributed by atoms with van der Waals surface area (Å²) >= 11 is 1.77. The number of aromatic nitrogens is 4. The molecule has 0 radical (unpaired) electrons. The molecule has 0 amide bonds. The highest BCUT2D eigenvalue weighted by molar-refractivity contribution is 7.13. The number of nitrogens with zero attached hydrogens (tertiary/aromatic N) is 5. The van der Waals surface area contributed by atoms with Crippen LogP contribution >= 0.6 is 11.3 Å². The van der Waals surface area contributed by atoms with E-state index in [4.69, 9.17) is 4.98 Å². The van der Waals surface area contributed by atoms with Crippen molar-refractivity contribution in [1.29, 1.82) is 0 Å². The zero-order chi connectivity index (χ0) is 19.1. The van der Waals surface area contributed by atoms with Crippen LogP contribution in [-0.4, -0.2) is 30.6 Å². The van der Waals surface area contributed by atoms with Gasteiger partial charge in [0, 0.05) is 41.0 Å². The highest BCUT2D eigenvalue weighted by Gasteiger charge is 2.29. The molecule has 0 saturated carbocycles. The molecule has 1 fully saturated rings. The third-order valence-corrected chi connectivity index (χ3v) is 6.53. The number of likely N-dealkylation sites (tertiary alicyclic amines) is 1. The van der Waals surface area contributed by atoms with Crippen LogP contribution in [0.2, 0.25) is 0 Å². The van der Waals surface area contributed by atoms with Crippen LogP contribution < -0.4 is 0 Å². The van der Waals surface area contributed by atoms with Crippen LogP contribution in [0.3, 0.4) is 0 Å². The molecule has 0 aliphatic carbocycles. The second-order valence-corrected chi connectivity index (χ2v) is 8.82. The van der Waals surface area contributed by atoms with Crippen molar-refractivity contribution >= 4 is 16.9 Å². The minimum absolute atomic E-state index is 0.375. The molecule has 4 aromatic rings. The van der Waals surface area contributed by atoms with Crippen LogP contribution in [0.15, 0.2) is 54.6 Å². The predicted octanol–water partition coefficient (Wildman–Crippen LogP) is 5.18. The molecule has 5 heterocycles. The van der Waals surface area contributed by atoms with E-state index in [1.165, 1.54) is 33.6 Å². The minimum Gasteiger partial charge on any atom is -0.305 e. The van der Waals surface area contributed by atoms with Gasteiger partial charge in [0.15, 0.2) is 0 Å². The average Bonchev–Trinajstić information content (AvgIpc) is 3.48. The zero-order valence-corrected chi connectivity index (χ0v) is 17.1. The summed E-state index contributed by atoms with van der Waals surface area (Å²) in [5, 5.41) is 6.62. The van der Waals surface area contributed by atoms with Crippen molar-refractivity contribution < 1.29 is 0 Å². The maximum absolute atomic E-state index is 4.83. The lowest BCUT2D eigenvalue weighted by Crippen LogP contribution is -2.23. The van der Waals surface area contributed by atoms with Crippen molar-refractivity contribution in [2.24, 2.45) is 0 Å². The van der Waals surface area contributed by atoms with E-state index in [-0.39, 0.29) is 0 Å². The Kier molecular flexibility index (Phi) is 4.53. The molecule has 28 heavy (non-hydrogen) atoms. The summed E-state index contributed by atoms with van der Waals surface area (Å²) < 4.78 is 4.22. The molecule has 0 bridgehead atoms. The summed E-state index contributed by atoms with van der Waals surface area (Å²) in [5.41, 5.74) is 4.95. The Hall–Kier alpha value is -2.44. The lowest BCUT2D eigenvalue weighted by Gasteiger charge is -2.22. The first-order valence-electron chi connectivity index (χ1n) is 9.96. The summed E-state index contributed by atoms with van der Waals surface area (Å²) in [7, 11) is 0. The van der Waals surface area contributed by atoms with E-state index in [1.807, 2.05) is 17.2 Å². The summed E-state index contributed by atoms with van der Waals surface area (Å²) in [6.07, 6.45) is 10.7. The molecule has 1 aliphatic rings. The van der Waals surface area contributed by atoms with Gasteiger partial charge in [0.2, 0.25) is 0 Å². The Morgan fingerprint density at radius 3 is 2.93 bits per heavy atom. The van der Waals surface area contributed by atoms with Crippen LogP contribution in [0.4, 0.5) is 0 Å². The maximum atomic E-state index is 4.83. The van der Waals surface area contributed by atoms with E-state index in [1.54, 1.807) is 11.3 Å². The Morgan fingerprint density at radius 2 is 2.14 bits per heavy atom. The zero-order valence-electron chi connectivity index (χ0n) is 16.3. The summed E-state index contributed by atoms with van der Waals surface area (Å²) in [6.45, 7) is 6.38. The highest BCUT2D eigenvalue weighted by atomic mass is 32.1. The first kappa shape index (κ1) is 17.6. The Balaban J connectivity index is 1.41. The van der Waals surface area contributed by atoms with Gasteiger partial charge in [0.25, 0.3) is 0 Å². The molecular formula is C22H25N5S. The van der Waals surface area contributed by atoms with Gasteiger partial charge in [-0.2, -0.15) is 5.10 Å². The number of hydrogen-bond acceptors (Lipinski definition) is 4. The fraction of sp³-hybridized carbons (Fsp3) is 0.364. The van der Waals surface area contributed by atoms with Gasteiger partial charge in [0.05, 0.1) is 29.8 Å². The van der Waals surface area contributed by atoms with Gasteiger partial charge in [-0.15, -0.1) is 11.3 Å². The fourth-order valence-corrected chi connectivity index (χ4v) is 4.88. The van der Waals surface area contributed by atoms with Gasteiger partial charge >= 0.3 is 0 Å². The number of imidazole rings is 1. The molecule has 5 rings (SSSR count). The lowest BCUT2D eigenvalue weighted by molar-refractivity contribution is 0.246. The van der Waals surface area contributed by atoms with Crippen molar-refractivity contribution in [3.63, 3.8) is 0 Å². The molecule has 0 unspecified atom stereocenters. The number of pyridine rings is 1. The second kappa shape index (κ2) is 7.18. The topological polar surface area (TPSA) is 38.4 Å². The Bertz CT molecular complexity index is 1080. The third kappa shape index (κ3) is 3.16. The molecule has 144 valence electrons. The van der Waals surface area contributed by atoms with Gasteiger partial charge in [-0.25, -0.2) is 4.98 Å². The van der Waals surface area contributed by atoms with Crippen molar-refractivity contribution in [2.45, 2.75) is 45.3 Å². The predicted molar refractivity (Wildman–Crippen MR) is 114 cm³/mol. The fourth-order valence-electron chi connectivity index (χ4n) is 4.17. The molecule has 6 heteroatoms. The van der Waals surface area contributed by atoms with Crippen molar-refractivity contribution in [1.82, 2.24) is 24.1 Å². The summed E-state index contributed by atoms with van der Waals surface area (Å²) in [6, 6.07) is 9.49. The van der Waals surface area contributed by atoms with E-state index >= 15 is 0 Å². The first-order valence-corrected chi connectivity index (χ1v) is 10.8. The quantitative estimate of drug-likeness (QED) is 0.471. The normalized spacial score (nSPS) is 17.9.